The molecule has 0 saturated heterocycles. The minimum atomic E-state index is -0.712. The number of carbonyl (C=O) groups is 2. The van der Waals surface area contributed by atoms with E-state index in [0.717, 1.165) is 16.7 Å². The van der Waals surface area contributed by atoms with Crippen LogP contribution in [0.15, 0.2) is 36.4 Å². The second-order valence-electron chi connectivity index (χ2n) is 5.34. The van der Waals surface area contributed by atoms with Crippen LogP contribution in [0.5, 0.6) is 5.75 Å². The number of hydrogen-bond donors (Lipinski definition) is 1. The molecule has 1 N–H and O–H groups in total. The Kier molecular flexibility index (Phi) is 4.61. The molecule has 4 nitrogen and oxygen atoms in total. The number of rotatable bonds is 4. The lowest BCUT2D eigenvalue weighted by Gasteiger charge is -2.08. The average Bonchev–Trinajstić information content (AvgIpc) is 2.44. The fraction of sp³-hybridized carbons (Fsp3) is 0.222. The molecule has 0 atom stereocenters. The van der Waals surface area contributed by atoms with Gasteiger partial charge in [-0.05, 0) is 44.0 Å². The Morgan fingerprint density at radius 2 is 1.55 bits per heavy atom. The Hall–Kier alpha value is -2.62. The Bertz CT molecular complexity index is 668. The molecule has 0 aliphatic heterocycles. The predicted octanol–water partition coefficient (Wildman–Crippen LogP) is 3.36. The van der Waals surface area contributed by atoms with Gasteiger partial charge in [0.1, 0.15) is 11.3 Å². The van der Waals surface area contributed by atoms with Crippen LogP contribution in [0.3, 0.4) is 0 Å². The molecule has 2 aromatic carbocycles. The van der Waals surface area contributed by atoms with Crippen molar-refractivity contribution in [3.8, 4) is 5.75 Å². The summed E-state index contributed by atoms with van der Waals surface area (Å²) >= 11 is 0. The summed E-state index contributed by atoms with van der Waals surface area (Å²) in [6.07, 6.45) is 0. The molecule has 0 aliphatic carbocycles. The van der Waals surface area contributed by atoms with Gasteiger partial charge in [0.15, 0.2) is 6.61 Å². The molecule has 2 rings (SSSR count). The van der Waals surface area contributed by atoms with Crippen LogP contribution in [-0.4, -0.2) is 23.5 Å². The van der Waals surface area contributed by atoms with Crippen molar-refractivity contribution in [2.24, 2.45) is 0 Å². The van der Waals surface area contributed by atoms with Crippen molar-refractivity contribution >= 4 is 11.8 Å². The van der Waals surface area contributed by atoms with Crippen molar-refractivity contribution in [1.82, 2.24) is 0 Å². The molecule has 0 spiro atoms. The van der Waals surface area contributed by atoms with E-state index in [1.807, 2.05) is 26.0 Å². The van der Waals surface area contributed by atoms with Crippen molar-refractivity contribution < 1.29 is 19.4 Å². The second kappa shape index (κ2) is 6.43. The molecule has 4 heteroatoms. The Morgan fingerprint density at radius 1 is 0.955 bits per heavy atom. The van der Waals surface area contributed by atoms with E-state index in [-0.39, 0.29) is 23.7 Å². The van der Waals surface area contributed by atoms with E-state index >= 15 is 0 Å². The number of carbonyl (C=O) groups excluding carboxylic acids is 2. The number of hydrogen-bond acceptors (Lipinski definition) is 4. The van der Waals surface area contributed by atoms with Gasteiger partial charge < -0.3 is 9.84 Å². The summed E-state index contributed by atoms with van der Waals surface area (Å²) in [5.74, 6) is -1.13. The third-order valence-corrected chi connectivity index (χ3v) is 3.39. The number of aromatic hydroxyl groups is 1. The van der Waals surface area contributed by atoms with Gasteiger partial charge in [-0.15, -0.1) is 0 Å². The van der Waals surface area contributed by atoms with Gasteiger partial charge >= 0.3 is 5.97 Å². The van der Waals surface area contributed by atoms with E-state index in [2.05, 4.69) is 0 Å². The maximum absolute atomic E-state index is 12.1. The monoisotopic (exact) mass is 298 g/mol. The minimum Gasteiger partial charge on any atom is -0.507 e. The zero-order chi connectivity index (χ0) is 16.3. The topological polar surface area (TPSA) is 63.6 Å². The Balaban J connectivity index is 2.06. The summed E-state index contributed by atoms with van der Waals surface area (Å²) in [5.41, 5.74) is 3.33. The van der Waals surface area contributed by atoms with Gasteiger partial charge in [0.2, 0.25) is 5.78 Å². The molecule has 0 heterocycles. The number of esters is 1. The van der Waals surface area contributed by atoms with Crippen LogP contribution in [0, 0.1) is 20.8 Å². The number of ketones is 1. The third-order valence-electron chi connectivity index (χ3n) is 3.39. The van der Waals surface area contributed by atoms with Crippen molar-refractivity contribution in [3.05, 3.63) is 64.2 Å². The number of ether oxygens (including phenoxy) is 1. The lowest BCUT2D eigenvalue weighted by molar-refractivity contribution is 0.0471. The van der Waals surface area contributed by atoms with Crippen LogP contribution in [-0.2, 0) is 4.74 Å². The summed E-state index contributed by atoms with van der Waals surface area (Å²) in [5, 5.41) is 9.73. The zero-order valence-corrected chi connectivity index (χ0v) is 12.8. The molecule has 0 amide bonds. The highest BCUT2D eigenvalue weighted by atomic mass is 16.5. The average molecular weight is 298 g/mol. The molecular formula is C18H18O4. The predicted molar refractivity (Wildman–Crippen MR) is 83.4 cm³/mol. The lowest BCUT2D eigenvalue weighted by atomic mass is 10.0. The van der Waals surface area contributed by atoms with E-state index in [1.54, 1.807) is 19.1 Å². The van der Waals surface area contributed by atoms with E-state index in [1.165, 1.54) is 12.1 Å². The Labute approximate surface area is 129 Å². The molecule has 114 valence electrons. The van der Waals surface area contributed by atoms with E-state index < -0.39 is 5.97 Å². The summed E-state index contributed by atoms with van der Waals surface area (Å²) in [6.45, 7) is 5.24. The highest BCUT2D eigenvalue weighted by molar-refractivity contribution is 6.00. The number of Topliss-reactive ketones (excluding diaryl/α,β-unsaturated/α-hetero) is 1. The van der Waals surface area contributed by atoms with Gasteiger partial charge in [-0.2, -0.15) is 0 Å². The van der Waals surface area contributed by atoms with Crippen molar-refractivity contribution in [1.29, 1.82) is 0 Å². The van der Waals surface area contributed by atoms with Gasteiger partial charge in [-0.1, -0.05) is 29.8 Å². The van der Waals surface area contributed by atoms with Gasteiger partial charge in [0, 0.05) is 5.56 Å². The highest BCUT2D eigenvalue weighted by Crippen LogP contribution is 2.19. The summed E-state index contributed by atoms with van der Waals surface area (Å²) < 4.78 is 5.00. The molecule has 0 radical (unpaired) electrons. The number of aryl methyl sites for hydroxylation is 3. The van der Waals surface area contributed by atoms with E-state index in [4.69, 9.17) is 4.74 Å². The largest absolute Gasteiger partial charge is 0.507 e. The SMILES string of the molecule is Cc1ccc(C(=O)COC(=O)c2ccc(C)cc2O)c(C)c1. The first-order chi connectivity index (χ1) is 10.4. The highest BCUT2D eigenvalue weighted by Gasteiger charge is 2.16. The van der Waals surface area contributed by atoms with Crippen LogP contribution in [0.4, 0.5) is 0 Å². The summed E-state index contributed by atoms with van der Waals surface area (Å²) in [4.78, 5) is 24.0. The van der Waals surface area contributed by atoms with Crippen LogP contribution < -0.4 is 0 Å². The maximum atomic E-state index is 12.1. The molecule has 22 heavy (non-hydrogen) atoms. The first-order valence-electron chi connectivity index (χ1n) is 6.95. The van der Waals surface area contributed by atoms with Crippen molar-refractivity contribution in [2.75, 3.05) is 6.61 Å². The van der Waals surface area contributed by atoms with Crippen molar-refractivity contribution in [2.45, 2.75) is 20.8 Å². The van der Waals surface area contributed by atoms with Gasteiger partial charge in [-0.25, -0.2) is 4.79 Å². The zero-order valence-electron chi connectivity index (χ0n) is 12.8. The van der Waals surface area contributed by atoms with Crippen LogP contribution in [0.25, 0.3) is 0 Å². The van der Waals surface area contributed by atoms with Gasteiger partial charge in [0.05, 0.1) is 0 Å². The first-order valence-corrected chi connectivity index (χ1v) is 6.95. The summed E-state index contributed by atoms with van der Waals surface area (Å²) in [6, 6.07) is 10.1. The fourth-order valence-corrected chi connectivity index (χ4v) is 2.23. The summed E-state index contributed by atoms with van der Waals surface area (Å²) in [7, 11) is 0. The number of phenols is 1. The Morgan fingerprint density at radius 3 is 2.14 bits per heavy atom. The molecule has 2 aromatic rings. The molecule has 0 unspecified atom stereocenters. The van der Waals surface area contributed by atoms with Crippen LogP contribution in [0.1, 0.15) is 37.4 Å². The standard InChI is InChI=1S/C18H18O4/c1-11-4-6-14(13(3)8-11)17(20)10-22-18(21)15-7-5-12(2)9-16(15)19/h4-9,19H,10H2,1-3H3. The number of benzene rings is 2. The fourth-order valence-electron chi connectivity index (χ4n) is 2.23. The molecule has 0 aromatic heterocycles. The van der Waals surface area contributed by atoms with Crippen LogP contribution >= 0.6 is 0 Å². The smallest absolute Gasteiger partial charge is 0.342 e. The number of phenolic OH excluding ortho intramolecular Hbond substituents is 1. The van der Waals surface area contributed by atoms with E-state index in [0.29, 0.717) is 5.56 Å². The maximum Gasteiger partial charge on any atom is 0.342 e. The van der Waals surface area contributed by atoms with Crippen LogP contribution in [0.2, 0.25) is 0 Å². The molecule has 0 saturated carbocycles. The van der Waals surface area contributed by atoms with Gasteiger partial charge in [0.25, 0.3) is 0 Å². The quantitative estimate of drug-likeness (QED) is 0.694. The lowest BCUT2D eigenvalue weighted by Crippen LogP contribution is -2.15. The third kappa shape index (κ3) is 3.52. The first kappa shape index (κ1) is 15.8. The minimum absolute atomic E-state index is 0.0547. The normalized spacial score (nSPS) is 10.3. The molecule has 0 bridgehead atoms. The van der Waals surface area contributed by atoms with Crippen molar-refractivity contribution in [3.63, 3.8) is 0 Å². The van der Waals surface area contributed by atoms with Gasteiger partial charge in [-0.3, -0.25) is 4.79 Å². The molecule has 0 fully saturated rings. The second-order valence-corrected chi connectivity index (χ2v) is 5.34. The molecule has 0 aliphatic rings. The molecular weight excluding hydrogens is 280 g/mol. The van der Waals surface area contributed by atoms with E-state index in [9.17, 15) is 14.7 Å².